The number of hydrogen-bond donors (Lipinski definition) is 1. The minimum atomic E-state index is 0.305. The number of phenols is 1. The highest BCUT2D eigenvalue weighted by Gasteiger charge is 2.09. The molecule has 2 nitrogen and oxygen atoms in total. The average Bonchev–Trinajstić information content (AvgIpc) is 2.58. The molecule has 3 heteroatoms. The third kappa shape index (κ3) is 1.24. The van der Waals surface area contributed by atoms with E-state index in [2.05, 4.69) is 6.07 Å². The zero-order valence-corrected chi connectivity index (χ0v) is 8.56. The van der Waals surface area contributed by atoms with Crippen LogP contribution in [0.5, 0.6) is 5.75 Å². The van der Waals surface area contributed by atoms with Crippen molar-refractivity contribution < 1.29 is 5.11 Å². The second-order valence-electron chi connectivity index (χ2n) is 3.20. The van der Waals surface area contributed by atoms with Gasteiger partial charge in [0.05, 0.1) is 17.2 Å². The van der Waals surface area contributed by atoms with Gasteiger partial charge in [-0.1, -0.05) is 6.07 Å². The van der Waals surface area contributed by atoms with E-state index in [-0.39, 0.29) is 0 Å². The second-order valence-corrected chi connectivity index (χ2v) is 4.08. The van der Waals surface area contributed by atoms with E-state index < -0.39 is 0 Å². The van der Waals surface area contributed by atoms with Gasteiger partial charge in [-0.3, -0.25) is 0 Å². The molecular weight excluding hydrogens is 194 g/mol. The molecule has 0 aliphatic carbocycles. The molecule has 0 bridgehead atoms. The van der Waals surface area contributed by atoms with Gasteiger partial charge >= 0.3 is 0 Å². The highest BCUT2D eigenvalue weighted by atomic mass is 32.1. The van der Waals surface area contributed by atoms with Crippen molar-refractivity contribution in [3.8, 4) is 11.8 Å². The number of hydrogen-bond acceptors (Lipinski definition) is 3. The Kier molecular flexibility index (Phi) is 2.14. The Labute approximate surface area is 86.0 Å². The maximum atomic E-state index is 9.60. The Morgan fingerprint density at radius 1 is 1.50 bits per heavy atom. The molecule has 0 aliphatic heterocycles. The number of nitriles is 1. The standard InChI is InChI=1S/C11H9NOS/c1-7-2-3-9(13)11-10(7)8(4-5-12)6-14-11/h2-3,6,13H,4H2,1H3. The van der Waals surface area contributed by atoms with Crippen molar-refractivity contribution >= 4 is 21.4 Å². The first kappa shape index (κ1) is 9.04. The molecule has 1 heterocycles. The minimum Gasteiger partial charge on any atom is -0.506 e. The summed E-state index contributed by atoms with van der Waals surface area (Å²) in [6.07, 6.45) is 0.407. The van der Waals surface area contributed by atoms with Crippen LogP contribution in [0.2, 0.25) is 0 Å². The van der Waals surface area contributed by atoms with Gasteiger partial charge in [0.1, 0.15) is 5.75 Å². The van der Waals surface area contributed by atoms with Crippen molar-refractivity contribution in [2.75, 3.05) is 0 Å². The molecule has 0 radical (unpaired) electrons. The van der Waals surface area contributed by atoms with Gasteiger partial charge in [-0.05, 0) is 29.5 Å². The van der Waals surface area contributed by atoms with E-state index in [1.807, 2.05) is 18.4 Å². The molecular formula is C11H9NOS. The molecule has 70 valence electrons. The molecule has 14 heavy (non-hydrogen) atoms. The van der Waals surface area contributed by atoms with E-state index in [9.17, 15) is 5.11 Å². The van der Waals surface area contributed by atoms with Gasteiger partial charge < -0.3 is 5.11 Å². The van der Waals surface area contributed by atoms with E-state index in [0.29, 0.717) is 12.2 Å². The SMILES string of the molecule is Cc1ccc(O)c2scc(CC#N)c12. The average molecular weight is 203 g/mol. The van der Waals surface area contributed by atoms with E-state index in [1.54, 1.807) is 6.07 Å². The quantitative estimate of drug-likeness (QED) is 0.774. The lowest BCUT2D eigenvalue weighted by molar-refractivity contribution is 0.482. The van der Waals surface area contributed by atoms with Crippen LogP contribution in [-0.4, -0.2) is 5.11 Å². The Morgan fingerprint density at radius 3 is 3.00 bits per heavy atom. The largest absolute Gasteiger partial charge is 0.506 e. The monoisotopic (exact) mass is 203 g/mol. The zero-order chi connectivity index (χ0) is 10.1. The molecule has 1 N–H and O–H groups in total. The maximum Gasteiger partial charge on any atom is 0.133 e. The van der Waals surface area contributed by atoms with Crippen LogP contribution in [0.1, 0.15) is 11.1 Å². The molecule has 0 spiro atoms. The van der Waals surface area contributed by atoms with E-state index in [1.165, 1.54) is 11.3 Å². The van der Waals surface area contributed by atoms with Crippen molar-refractivity contribution in [2.45, 2.75) is 13.3 Å². The molecule has 0 amide bonds. The number of benzene rings is 1. The third-order valence-electron chi connectivity index (χ3n) is 2.25. The van der Waals surface area contributed by atoms with Crippen LogP contribution in [0.3, 0.4) is 0 Å². The lowest BCUT2D eigenvalue weighted by Gasteiger charge is -2.00. The zero-order valence-electron chi connectivity index (χ0n) is 7.74. The number of fused-ring (bicyclic) bond motifs is 1. The van der Waals surface area contributed by atoms with Crippen molar-refractivity contribution in [3.05, 3.63) is 28.6 Å². The molecule has 2 aromatic rings. The third-order valence-corrected chi connectivity index (χ3v) is 3.31. The summed E-state index contributed by atoms with van der Waals surface area (Å²) in [5, 5.41) is 21.2. The van der Waals surface area contributed by atoms with Crippen LogP contribution >= 0.6 is 11.3 Å². The lowest BCUT2D eigenvalue weighted by Crippen LogP contribution is -1.81. The number of aryl methyl sites for hydroxylation is 1. The summed E-state index contributed by atoms with van der Waals surface area (Å²) in [7, 11) is 0. The van der Waals surface area contributed by atoms with E-state index >= 15 is 0 Å². The Balaban J connectivity index is 2.78. The molecule has 1 aromatic heterocycles. The summed E-state index contributed by atoms with van der Waals surface area (Å²) in [6, 6.07) is 5.71. The Bertz CT molecular complexity index is 522. The van der Waals surface area contributed by atoms with Gasteiger partial charge in [0.15, 0.2) is 0 Å². The Morgan fingerprint density at radius 2 is 2.29 bits per heavy atom. The molecule has 0 fully saturated rings. The predicted molar refractivity (Wildman–Crippen MR) is 57.5 cm³/mol. The normalized spacial score (nSPS) is 10.3. The fourth-order valence-electron chi connectivity index (χ4n) is 1.59. The lowest BCUT2D eigenvalue weighted by atomic mass is 10.1. The van der Waals surface area contributed by atoms with Crippen LogP contribution in [0, 0.1) is 18.3 Å². The van der Waals surface area contributed by atoms with Gasteiger partial charge in [-0.25, -0.2) is 0 Å². The summed E-state index contributed by atoms with van der Waals surface area (Å²) in [5.41, 5.74) is 2.13. The first-order chi connectivity index (χ1) is 6.74. The summed E-state index contributed by atoms with van der Waals surface area (Å²) in [6.45, 7) is 2.00. The molecule has 0 saturated carbocycles. The van der Waals surface area contributed by atoms with Crippen molar-refractivity contribution in [1.82, 2.24) is 0 Å². The topological polar surface area (TPSA) is 44.0 Å². The molecule has 2 rings (SSSR count). The number of phenolic OH excluding ortho intramolecular Hbond substituents is 1. The summed E-state index contributed by atoms with van der Waals surface area (Å²) in [5.74, 6) is 0.305. The number of nitrogens with zero attached hydrogens (tertiary/aromatic N) is 1. The molecule has 1 aromatic carbocycles. The van der Waals surface area contributed by atoms with E-state index in [0.717, 1.165) is 21.2 Å². The molecule has 0 aliphatic rings. The summed E-state index contributed by atoms with van der Waals surface area (Å²) >= 11 is 1.49. The van der Waals surface area contributed by atoms with Gasteiger partial charge in [0.2, 0.25) is 0 Å². The number of rotatable bonds is 1. The highest BCUT2D eigenvalue weighted by molar-refractivity contribution is 7.17. The van der Waals surface area contributed by atoms with Gasteiger partial charge in [-0.15, -0.1) is 11.3 Å². The first-order valence-corrected chi connectivity index (χ1v) is 5.17. The number of thiophene rings is 1. The highest BCUT2D eigenvalue weighted by Crippen LogP contribution is 2.35. The van der Waals surface area contributed by atoms with Gasteiger partial charge in [-0.2, -0.15) is 5.26 Å². The fraction of sp³-hybridized carbons (Fsp3) is 0.182. The smallest absolute Gasteiger partial charge is 0.133 e. The van der Waals surface area contributed by atoms with E-state index in [4.69, 9.17) is 5.26 Å². The van der Waals surface area contributed by atoms with Gasteiger partial charge in [0, 0.05) is 5.39 Å². The van der Waals surface area contributed by atoms with Crippen LogP contribution in [0.25, 0.3) is 10.1 Å². The fourth-order valence-corrected chi connectivity index (χ4v) is 2.65. The minimum absolute atomic E-state index is 0.305. The van der Waals surface area contributed by atoms with Crippen LogP contribution in [-0.2, 0) is 6.42 Å². The second kappa shape index (κ2) is 3.32. The molecule has 0 atom stereocenters. The Hall–Kier alpha value is -1.53. The molecule has 0 saturated heterocycles. The van der Waals surface area contributed by atoms with Crippen LogP contribution in [0.15, 0.2) is 17.5 Å². The van der Waals surface area contributed by atoms with Crippen molar-refractivity contribution in [2.24, 2.45) is 0 Å². The van der Waals surface area contributed by atoms with Crippen LogP contribution < -0.4 is 0 Å². The van der Waals surface area contributed by atoms with Crippen molar-refractivity contribution in [3.63, 3.8) is 0 Å². The summed E-state index contributed by atoms with van der Waals surface area (Å²) in [4.78, 5) is 0. The number of aromatic hydroxyl groups is 1. The predicted octanol–water partition coefficient (Wildman–Crippen LogP) is 2.98. The van der Waals surface area contributed by atoms with Gasteiger partial charge in [0.25, 0.3) is 0 Å². The van der Waals surface area contributed by atoms with Crippen molar-refractivity contribution in [1.29, 1.82) is 5.26 Å². The summed E-state index contributed by atoms with van der Waals surface area (Å²) < 4.78 is 0.884. The first-order valence-electron chi connectivity index (χ1n) is 4.29. The maximum absolute atomic E-state index is 9.60. The van der Waals surface area contributed by atoms with Crippen LogP contribution in [0.4, 0.5) is 0 Å². The molecule has 0 unspecified atom stereocenters.